The van der Waals surface area contributed by atoms with Gasteiger partial charge in [0.05, 0.1) is 16.4 Å². The van der Waals surface area contributed by atoms with E-state index >= 15 is 0 Å². The van der Waals surface area contributed by atoms with Crippen LogP contribution in [0.25, 0.3) is 0 Å². The molecule has 102 valence electrons. The highest BCUT2D eigenvalue weighted by Gasteiger charge is 2.24. The van der Waals surface area contributed by atoms with Gasteiger partial charge in [0.15, 0.2) is 5.84 Å². The van der Waals surface area contributed by atoms with Crippen LogP contribution < -0.4 is 4.90 Å². The number of rotatable bonds is 1. The highest BCUT2D eigenvalue weighted by Crippen LogP contribution is 2.44. The number of para-hydroxylation sites is 1. The Bertz CT molecular complexity index is 820. The van der Waals surface area contributed by atoms with E-state index in [1.807, 2.05) is 24.3 Å². The second kappa shape index (κ2) is 4.60. The lowest BCUT2D eigenvalue weighted by molar-refractivity contribution is 1.18. The molecule has 0 saturated heterocycles. The van der Waals surface area contributed by atoms with Crippen molar-refractivity contribution >= 4 is 29.0 Å². The number of amidine groups is 1. The normalized spacial score (nSPS) is 18.0. The number of benzene rings is 2. The summed E-state index contributed by atoms with van der Waals surface area (Å²) in [6.07, 6.45) is 2.07. The van der Waals surface area contributed by atoms with Crippen LogP contribution in [0.5, 0.6) is 0 Å². The fourth-order valence-electron chi connectivity index (χ4n) is 2.63. The second-order valence-corrected chi connectivity index (χ2v) is 6.06. The summed E-state index contributed by atoms with van der Waals surface area (Å²) < 4.78 is 0. The van der Waals surface area contributed by atoms with Gasteiger partial charge in [0.1, 0.15) is 0 Å². The van der Waals surface area contributed by atoms with Gasteiger partial charge in [-0.25, -0.2) is 4.99 Å². The van der Waals surface area contributed by atoms with E-state index in [0.29, 0.717) is 5.84 Å². The summed E-state index contributed by atoms with van der Waals surface area (Å²) in [5.74, 6) is 0.348. The Morgan fingerprint density at radius 2 is 1.76 bits per heavy atom. The number of aliphatic imine (C=N–C) groups is 1. The molecule has 2 aliphatic heterocycles. The van der Waals surface area contributed by atoms with Crippen LogP contribution in [0.4, 0.5) is 5.69 Å². The van der Waals surface area contributed by atoms with Gasteiger partial charge in [-0.15, -0.1) is 0 Å². The largest absolute Gasteiger partial charge is 0.338 e. The van der Waals surface area contributed by atoms with Gasteiger partial charge in [-0.2, -0.15) is 0 Å². The van der Waals surface area contributed by atoms with Crippen molar-refractivity contribution in [2.75, 3.05) is 11.9 Å². The quantitative estimate of drug-likeness (QED) is 0.865. The zero-order valence-electron chi connectivity index (χ0n) is 11.5. The first kappa shape index (κ1) is 12.4. The molecule has 0 aromatic heterocycles. The highest BCUT2D eigenvalue weighted by molar-refractivity contribution is 8.03. The number of hydrogen-bond donors (Lipinski definition) is 1. The molecule has 2 aliphatic rings. The van der Waals surface area contributed by atoms with Crippen molar-refractivity contribution in [3.05, 3.63) is 70.8 Å². The SMILES string of the molecule is CN1C(=CC2=NC(=N)c3ccccc32)Sc2ccccc21. The molecule has 0 radical (unpaired) electrons. The monoisotopic (exact) mass is 291 g/mol. The molecule has 4 rings (SSSR count). The van der Waals surface area contributed by atoms with Crippen molar-refractivity contribution in [1.82, 2.24) is 0 Å². The molecule has 2 heterocycles. The third kappa shape index (κ3) is 1.91. The standard InChI is InChI=1S/C17H13N3S/c1-20-14-8-4-5-9-15(14)21-16(20)10-13-11-6-2-3-7-12(11)17(18)19-13/h2-10,18H,1H3. The van der Waals surface area contributed by atoms with E-state index in [2.05, 4.69) is 47.3 Å². The van der Waals surface area contributed by atoms with E-state index in [1.54, 1.807) is 11.8 Å². The summed E-state index contributed by atoms with van der Waals surface area (Å²) in [6.45, 7) is 0. The van der Waals surface area contributed by atoms with Gasteiger partial charge in [-0.1, -0.05) is 48.2 Å². The topological polar surface area (TPSA) is 39.5 Å². The molecule has 1 N–H and O–H groups in total. The molecule has 0 amide bonds. The van der Waals surface area contributed by atoms with Crippen molar-refractivity contribution in [3.8, 4) is 0 Å². The summed E-state index contributed by atoms with van der Waals surface area (Å²) in [7, 11) is 2.07. The first-order valence-electron chi connectivity index (χ1n) is 6.73. The van der Waals surface area contributed by atoms with Gasteiger partial charge >= 0.3 is 0 Å². The molecule has 0 fully saturated rings. The van der Waals surface area contributed by atoms with Gasteiger partial charge in [0, 0.05) is 23.1 Å². The lowest BCUT2D eigenvalue weighted by Crippen LogP contribution is -2.11. The van der Waals surface area contributed by atoms with Crippen molar-refractivity contribution < 1.29 is 0 Å². The van der Waals surface area contributed by atoms with Crippen molar-refractivity contribution in [2.45, 2.75) is 4.90 Å². The molecule has 0 spiro atoms. The Kier molecular flexibility index (Phi) is 2.72. The van der Waals surface area contributed by atoms with Gasteiger partial charge in [0.2, 0.25) is 0 Å². The maximum Gasteiger partial charge on any atom is 0.153 e. The predicted octanol–water partition coefficient (Wildman–Crippen LogP) is 3.90. The van der Waals surface area contributed by atoms with Crippen LogP contribution in [-0.2, 0) is 0 Å². The Labute approximate surface area is 127 Å². The average Bonchev–Trinajstić information content (AvgIpc) is 2.99. The zero-order valence-corrected chi connectivity index (χ0v) is 12.3. The molecule has 0 bridgehead atoms. The van der Waals surface area contributed by atoms with Crippen LogP contribution >= 0.6 is 11.8 Å². The maximum atomic E-state index is 7.98. The van der Waals surface area contributed by atoms with Gasteiger partial charge in [-0.05, 0) is 18.2 Å². The predicted molar refractivity (Wildman–Crippen MR) is 88.6 cm³/mol. The summed E-state index contributed by atoms with van der Waals surface area (Å²) in [5.41, 5.74) is 4.04. The molecular formula is C17H13N3S. The zero-order chi connectivity index (χ0) is 14.4. The third-order valence-electron chi connectivity index (χ3n) is 3.72. The molecular weight excluding hydrogens is 278 g/mol. The van der Waals surface area contributed by atoms with E-state index in [-0.39, 0.29) is 0 Å². The minimum atomic E-state index is 0.348. The highest BCUT2D eigenvalue weighted by atomic mass is 32.2. The minimum absolute atomic E-state index is 0.348. The third-order valence-corrected chi connectivity index (χ3v) is 4.89. The lowest BCUT2D eigenvalue weighted by atomic mass is 10.1. The number of allylic oxidation sites excluding steroid dienone is 1. The van der Waals surface area contributed by atoms with Crippen LogP contribution in [0.2, 0.25) is 0 Å². The minimum Gasteiger partial charge on any atom is -0.338 e. The van der Waals surface area contributed by atoms with Gasteiger partial charge < -0.3 is 4.90 Å². The molecule has 0 unspecified atom stereocenters. The molecule has 4 heteroatoms. The molecule has 0 saturated carbocycles. The fourth-order valence-corrected chi connectivity index (χ4v) is 3.71. The summed E-state index contributed by atoms with van der Waals surface area (Å²) in [6, 6.07) is 16.3. The average molecular weight is 291 g/mol. The molecule has 2 aromatic carbocycles. The van der Waals surface area contributed by atoms with Crippen LogP contribution in [0.15, 0.2) is 69.5 Å². The number of hydrogen-bond acceptors (Lipinski definition) is 3. The Hall–Kier alpha value is -2.33. The van der Waals surface area contributed by atoms with E-state index in [9.17, 15) is 0 Å². The summed E-state index contributed by atoms with van der Waals surface area (Å²) in [4.78, 5) is 7.83. The number of fused-ring (bicyclic) bond motifs is 2. The van der Waals surface area contributed by atoms with E-state index in [4.69, 9.17) is 5.41 Å². The first-order chi connectivity index (χ1) is 10.2. The molecule has 2 aromatic rings. The van der Waals surface area contributed by atoms with Crippen molar-refractivity contribution in [1.29, 1.82) is 5.41 Å². The number of nitrogens with zero attached hydrogens (tertiary/aromatic N) is 2. The summed E-state index contributed by atoms with van der Waals surface area (Å²) in [5, 5.41) is 9.12. The summed E-state index contributed by atoms with van der Waals surface area (Å²) >= 11 is 1.74. The van der Waals surface area contributed by atoms with Crippen molar-refractivity contribution in [2.24, 2.45) is 4.99 Å². The Balaban J connectivity index is 1.75. The van der Waals surface area contributed by atoms with Crippen LogP contribution in [0.1, 0.15) is 11.1 Å². The number of thioether (sulfide) groups is 1. The van der Waals surface area contributed by atoms with E-state index in [1.165, 1.54) is 10.6 Å². The fraction of sp³-hybridized carbons (Fsp3) is 0.0588. The molecule has 0 atom stereocenters. The maximum absolute atomic E-state index is 7.98. The van der Waals surface area contributed by atoms with Crippen LogP contribution in [0.3, 0.4) is 0 Å². The van der Waals surface area contributed by atoms with Crippen molar-refractivity contribution in [3.63, 3.8) is 0 Å². The van der Waals surface area contributed by atoms with Gasteiger partial charge in [0.25, 0.3) is 0 Å². The molecule has 21 heavy (non-hydrogen) atoms. The first-order valence-corrected chi connectivity index (χ1v) is 7.55. The van der Waals surface area contributed by atoms with Crippen LogP contribution in [0, 0.1) is 5.41 Å². The smallest absolute Gasteiger partial charge is 0.153 e. The Morgan fingerprint density at radius 3 is 2.57 bits per heavy atom. The Morgan fingerprint density at radius 1 is 1.05 bits per heavy atom. The molecule has 3 nitrogen and oxygen atoms in total. The number of anilines is 1. The lowest BCUT2D eigenvalue weighted by Gasteiger charge is -2.13. The van der Waals surface area contributed by atoms with Crippen LogP contribution in [-0.4, -0.2) is 18.6 Å². The molecule has 0 aliphatic carbocycles. The second-order valence-electron chi connectivity index (χ2n) is 5.00. The number of nitrogens with one attached hydrogen (secondary N) is 1. The van der Waals surface area contributed by atoms with Gasteiger partial charge in [-0.3, -0.25) is 5.41 Å². The van der Waals surface area contributed by atoms with E-state index in [0.717, 1.165) is 21.9 Å². The van der Waals surface area contributed by atoms with E-state index < -0.39 is 0 Å².